The second kappa shape index (κ2) is 10.9. The fourth-order valence-corrected chi connectivity index (χ4v) is 7.20. The number of anilines is 1. The highest BCUT2D eigenvalue weighted by Crippen LogP contribution is 2.48. The normalized spacial score (nSPS) is 19.9. The molecule has 10 heteroatoms. The van der Waals surface area contributed by atoms with Crippen LogP contribution in [0.4, 0.5) is 10.2 Å². The fraction of sp³-hybridized carbons (Fsp3) is 0.314. The predicted molar refractivity (Wildman–Crippen MR) is 169 cm³/mol. The number of fused-ring (bicyclic) bond motifs is 1. The highest BCUT2D eigenvalue weighted by molar-refractivity contribution is 5.76. The van der Waals surface area contributed by atoms with Gasteiger partial charge >= 0.3 is 5.69 Å². The molecule has 3 aliphatic rings. The molecule has 2 aliphatic heterocycles. The molecule has 2 saturated heterocycles. The predicted octanol–water partition coefficient (Wildman–Crippen LogP) is 6.10. The summed E-state index contributed by atoms with van der Waals surface area (Å²) in [4.78, 5) is 31.1. The molecule has 8 rings (SSSR count). The van der Waals surface area contributed by atoms with Crippen LogP contribution in [-0.4, -0.2) is 51.0 Å². The summed E-state index contributed by atoms with van der Waals surface area (Å²) >= 11 is 0. The molecule has 5 aromatic rings. The van der Waals surface area contributed by atoms with E-state index in [0.29, 0.717) is 28.5 Å². The van der Waals surface area contributed by atoms with Crippen LogP contribution in [0.25, 0.3) is 22.2 Å². The van der Waals surface area contributed by atoms with E-state index in [4.69, 9.17) is 4.74 Å². The Hall–Kier alpha value is -5.01. The first-order valence-electron chi connectivity index (χ1n) is 15.5. The van der Waals surface area contributed by atoms with Crippen LogP contribution in [0.2, 0.25) is 0 Å². The van der Waals surface area contributed by atoms with E-state index in [1.807, 2.05) is 18.2 Å². The van der Waals surface area contributed by atoms with E-state index >= 15 is 0 Å². The zero-order valence-corrected chi connectivity index (χ0v) is 24.7. The molecule has 2 N–H and O–H groups in total. The molecule has 1 spiro atoms. The third-order valence-corrected chi connectivity index (χ3v) is 9.55. The number of likely N-dealkylation sites (tertiary alicyclic amines) is 1. The van der Waals surface area contributed by atoms with Crippen molar-refractivity contribution in [3.63, 3.8) is 0 Å². The number of hydrogen-bond acceptors (Lipinski definition) is 7. The van der Waals surface area contributed by atoms with Crippen molar-refractivity contribution in [1.29, 1.82) is 5.26 Å². The van der Waals surface area contributed by atoms with Crippen molar-refractivity contribution in [2.75, 3.05) is 31.1 Å². The van der Waals surface area contributed by atoms with Crippen LogP contribution in [0.1, 0.15) is 48.3 Å². The van der Waals surface area contributed by atoms with Gasteiger partial charge in [-0.05, 0) is 97.3 Å². The standard InChI is InChI=1S/C35H32FN7O2/c36-25-5-8-31(28(15-25)26-6-1-22(16-37)13-27(26)24-3-4-24)45-32-17-38-21-39-33(32)43-12-10-35(20-43)9-11-42(19-35)18-23-2-7-29-30(14-23)41-34(44)40-29/h1-2,5-8,13-15,17,21,24H,3-4,9-12,18-20H2,(H2,40,41,44). The van der Waals surface area contributed by atoms with E-state index in [0.717, 1.165) is 86.4 Å². The first-order chi connectivity index (χ1) is 21.9. The molecule has 3 aromatic carbocycles. The highest BCUT2D eigenvalue weighted by Gasteiger charge is 2.44. The highest BCUT2D eigenvalue weighted by atomic mass is 19.1. The number of aromatic nitrogens is 4. The van der Waals surface area contributed by atoms with Crippen molar-refractivity contribution in [1.82, 2.24) is 24.8 Å². The Morgan fingerprint density at radius 2 is 1.84 bits per heavy atom. The lowest BCUT2D eigenvalue weighted by Gasteiger charge is -2.26. The fourth-order valence-electron chi connectivity index (χ4n) is 7.20. The lowest BCUT2D eigenvalue weighted by molar-refractivity contribution is 0.270. The Morgan fingerprint density at radius 3 is 2.71 bits per heavy atom. The number of imidazole rings is 1. The first-order valence-corrected chi connectivity index (χ1v) is 15.5. The Balaban J connectivity index is 1.02. The second-order valence-corrected chi connectivity index (χ2v) is 12.7. The topological polar surface area (TPSA) is 114 Å². The maximum Gasteiger partial charge on any atom is 0.323 e. The van der Waals surface area contributed by atoms with Crippen molar-refractivity contribution in [2.24, 2.45) is 5.41 Å². The molecule has 1 atom stereocenters. The van der Waals surface area contributed by atoms with Crippen LogP contribution in [0.15, 0.2) is 71.9 Å². The van der Waals surface area contributed by atoms with Gasteiger partial charge in [0.05, 0.1) is 28.9 Å². The van der Waals surface area contributed by atoms with Crippen molar-refractivity contribution in [2.45, 2.75) is 38.1 Å². The van der Waals surface area contributed by atoms with E-state index in [1.54, 1.807) is 24.7 Å². The molecule has 3 fully saturated rings. The Kier molecular flexibility index (Phi) is 6.64. The van der Waals surface area contributed by atoms with Gasteiger partial charge < -0.3 is 19.6 Å². The van der Waals surface area contributed by atoms with Crippen molar-refractivity contribution in [3.8, 4) is 28.7 Å². The van der Waals surface area contributed by atoms with Gasteiger partial charge in [0.15, 0.2) is 11.6 Å². The number of nitrogens with zero attached hydrogens (tertiary/aromatic N) is 5. The molecule has 1 aliphatic carbocycles. The van der Waals surface area contributed by atoms with Crippen LogP contribution in [0, 0.1) is 22.6 Å². The van der Waals surface area contributed by atoms with Crippen molar-refractivity contribution in [3.05, 3.63) is 100 Å². The van der Waals surface area contributed by atoms with Gasteiger partial charge in [0.25, 0.3) is 0 Å². The quantitative estimate of drug-likeness (QED) is 0.232. The third kappa shape index (κ3) is 5.34. The molecule has 1 unspecified atom stereocenters. The lowest BCUT2D eigenvalue weighted by atomic mass is 9.86. The van der Waals surface area contributed by atoms with Crippen molar-refractivity contribution >= 4 is 16.9 Å². The maximum absolute atomic E-state index is 14.6. The monoisotopic (exact) mass is 601 g/mol. The Morgan fingerprint density at radius 1 is 0.978 bits per heavy atom. The number of nitrogens with one attached hydrogen (secondary N) is 2. The largest absolute Gasteiger partial charge is 0.451 e. The second-order valence-electron chi connectivity index (χ2n) is 12.7. The summed E-state index contributed by atoms with van der Waals surface area (Å²) in [5.74, 6) is 1.82. The van der Waals surface area contributed by atoms with Gasteiger partial charge in [-0.1, -0.05) is 12.1 Å². The van der Waals surface area contributed by atoms with E-state index < -0.39 is 0 Å². The third-order valence-electron chi connectivity index (χ3n) is 9.55. The Bertz CT molecular complexity index is 2030. The maximum atomic E-state index is 14.6. The van der Waals surface area contributed by atoms with Crippen LogP contribution in [0.5, 0.6) is 11.5 Å². The summed E-state index contributed by atoms with van der Waals surface area (Å²) in [5, 5.41) is 9.48. The van der Waals surface area contributed by atoms with Crippen molar-refractivity contribution < 1.29 is 9.13 Å². The summed E-state index contributed by atoms with van der Waals surface area (Å²) in [5.41, 5.74) is 6.00. The smallest absolute Gasteiger partial charge is 0.323 e. The average Bonchev–Trinajstić information content (AvgIpc) is 3.55. The minimum Gasteiger partial charge on any atom is -0.451 e. The van der Waals surface area contributed by atoms with Gasteiger partial charge in [0, 0.05) is 37.2 Å². The van der Waals surface area contributed by atoms with Crippen LogP contribution >= 0.6 is 0 Å². The minimum atomic E-state index is -0.346. The molecule has 4 heterocycles. The molecular formula is C35H32FN7O2. The lowest BCUT2D eigenvalue weighted by Crippen LogP contribution is -2.31. The summed E-state index contributed by atoms with van der Waals surface area (Å²) in [6, 6.07) is 18.5. The molecule has 9 nitrogen and oxygen atoms in total. The summed E-state index contributed by atoms with van der Waals surface area (Å²) in [7, 11) is 0. The molecule has 226 valence electrons. The van der Waals surface area contributed by atoms with Crippen LogP contribution < -0.4 is 15.3 Å². The zero-order valence-electron chi connectivity index (χ0n) is 24.7. The van der Waals surface area contributed by atoms with E-state index in [2.05, 4.69) is 47.9 Å². The number of aromatic amines is 2. The number of benzene rings is 3. The number of hydrogen-bond donors (Lipinski definition) is 2. The molecule has 2 aromatic heterocycles. The first kappa shape index (κ1) is 27.5. The van der Waals surface area contributed by atoms with Crippen LogP contribution in [-0.2, 0) is 6.54 Å². The zero-order chi connectivity index (χ0) is 30.5. The van der Waals surface area contributed by atoms with Gasteiger partial charge in [0.2, 0.25) is 0 Å². The number of halogens is 1. The molecular weight excluding hydrogens is 569 g/mol. The molecule has 1 saturated carbocycles. The van der Waals surface area contributed by atoms with Crippen LogP contribution in [0.3, 0.4) is 0 Å². The Labute approximate surface area is 259 Å². The van der Waals surface area contributed by atoms with Gasteiger partial charge in [-0.2, -0.15) is 5.26 Å². The molecule has 0 bridgehead atoms. The van der Waals surface area contributed by atoms with E-state index in [1.165, 1.54) is 17.7 Å². The van der Waals surface area contributed by atoms with E-state index in [-0.39, 0.29) is 16.9 Å². The molecule has 0 radical (unpaired) electrons. The number of ether oxygens (including phenoxy) is 1. The SMILES string of the molecule is N#Cc1ccc(-c2cc(F)ccc2Oc2cncnc2N2CCC3(CCN(Cc4ccc5[nH]c(=O)[nH]c5c4)C3)C2)c(C2CC2)c1. The van der Waals surface area contributed by atoms with E-state index in [9.17, 15) is 14.4 Å². The van der Waals surface area contributed by atoms with Gasteiger partial charge in [-0.25, -0.2) is 19.2 Å². The summed E-state index contributed by atoms with van der Waals surface area (Å²) in [6.07, 6.45) is 7.49. The average molecular weight is 602 g/mol. The van der Waals surface area contributed by atoms with Gasteiger partial charge in [-0.3, -0.25) is 4.90 Å². The minimum absolute atomic E-state index is 0.150. The summed E-state index contributed by atoms with van der Waals surface area (Å²) in [6.45, 7) is 4.54. The molecule has 0 amide bonds. The number of rotatable bonds is 7. The van der Waals surface area contributed by atoms with Gasteiger partial charge in [-0.15, -0.1) is 0 Å². The number of H-pyrrole nitrogens is 2. The number of nitriles is 1. The molecule has 45 heavy (non-hydrogen) atoms. The van der Waals surface area contributed by atoms with Gasteiger partial charge in [0.1, 0.15) is 17.9 Å². The summed E-state index contributed by atoms with van der Waals surface area (Å²) < 4.78 is 21.2.